The van der Waals surface area contributed by atoms with Crippen molar-refractivity contribution in [1.82, 2.24) is 0 Å². The number of rotatable bonds is 7. The van der Waals surface area contributed by atoms with E-state index >= 15 is 0 Å². The average molecular weight is 348 g/mol. The molecule has 1 amide bonds. The van der Waals surface area contributed by atoms with E-state index in [9.17, 15) is 13.2 Å². The zero-order valence-electron chi connectivity index (χ0n) is 13.6. The third kappa shape index (κ3) is 5.36. The van der Waals surface area contributed by atoms with E-state index in [1.54, 1.807) is 24.3 Å². The summed E-state index contributed by atoms with van der Waals surface area (Å²) < 4.78 is 30.3. The Morgan fingerprint density at radius 1 is 1.12 bits per heavy atom. The van der Waals surface area contributed by atoms with Gasteiger partial charge >= 0.3 is 0 Å². The molecule has 2 aromatic carbocycles. The molecule has 0 saturated heterocycles. The highest BCUT2D eigenvalue weighted by molar-refractivity contribution is 7.92. The van der Waals surface area contributed by atoms with E-state index in [0.717, 1.165) is 11.8 Å². The Morgan fingerprint density at radius 2 is 1.88 bits per heavy atom. The monoisotopic (exact) mass is 348 g/mol. The fourth-order valence-corrected chi connectivity index (χ4v) is 2.67. The van der Waals surface area contributed by atoms with E-state index in [-0.39, 0.29) is 5.91 Å². The largest absolute Gasteiger partial charge is 0.377 e. The fraction of sp³-hybridized carbons (Fsp3) is 0.235. The smallest absolute Gasteiger partial charge is 0.255 e. The molecule has 2 rings (SSSR count). The Bertz CT molecular complexity index is 819. The summed E-state index contributed by atoms with van der Waals surface area (Å²) in [4.78, 5) is 12.4. The molecule has 2 N–H and O–H groups in total. The van der Waals surface area contributed by atoms with Crippen LogP contribution in [0.4, 0.5) is 11.4 Å². The van der Waals surface area contributed by atoms with Crippen LogP contribution in [0, 0.1) is 0 Å². The van der Waals surface area contributed by atoms with Gasteiger partial charge in [0.15, 0.2) is 0 Å². The third-order valence-corrected chi connectivity index (χ3v) is 3.76. The summed E-state index contributed by atoms with van der Waals surface area (Å²) >= 11 is 0. The number of hydrogen-bond donors (Lipinski definition) is 2. The highest BCUT2D eigenvalue weighted by atomic mass is 32.2. The highest BCUT2D eigenvalue weighted by Crippen LogP contribution is 2.18. The van der Waals surface area contributed by atoms with Crippen LogP contribution in [0.5, 0.6) is 0 Å². The lowest BCUT2D eigenvalue weighted by molar-refractivity contribution is 0.102. The van der Waals surface area contributed by atoms with Gasteiger partial charge in [0.05, 0.1) is 12.9 Å². The minimum atomic E-state index is -3.39. The van der Waals surface area contributed by atoms with Crippen molar-refractivity contribution >= 4 is 27.3 Å². The zero-order valence-corrected chi connectivity index (χ0v) is 14.4. The van der Waals surface area contributed by atoms with Crippen LogP contribution in [0.2, 0.25) is 0 Å². The van der Waals surface area contributed by atoms with Crippen molar-refractivity contribution in [1.29, 1.82) is 0 Å². The quantitative estimate of drug-likeness (QED) is 0.806. The number of ether oxygens (including phenoxy) is 1. The van der Waals surface area contributed by atoms with E-state index in [1.807, 2.05) is 25.1 Å². The van der Waals surface area contributed by atoms with E-state index < -0.39 is 10.0 Å². The molecule has 6 nitrogen and oxygen atoms in total. The second-order valence-electron chi connectivity index (χ2n) is 5.20. The summed E-state index contributed by atoms with van der Waals surface area (Å²) in [5.74, 6) is -0.323. The summed E-state index contributed by atoms with van der Waals surface area (Å²) in [6.07, 6.45) is 1.06. The molecule has 0 bridgehead atoms. The lowest BCUT2D eigenvalue weighted by Crippen LogP contribution is -2.15. The number of carbonyl (C=O) groups is 1. The summed E-state index contributed by atoms with van der Waals surface area (Å²) in [6.45, 7) is 2.89. The SMILES string of the molecule is CCOCc1ccccc1NC(=O)c1cccc(NS(C)(=O)=O)c1. The molecule has 0 spiro atoms. The number of nitrogens with one attached hydrogen (secondary N) is 2. The van der Waals surface area contributed by atoms with Crippen LogP contribution in [0.15, 0.2) is 48.5 Å². The van der Waals surface area contributed by atoms with Crippen molar-refractivity contribution in [3.8, 4) is 0 Å². The Kier molecular flexibility index (Phi) is 5.94. The molecule has 7 heteroatoms. The second-order valence-corrected chi connectivity index (χ2v) is 6.95. The van der Waals surface area contributed by atoms with Crippen molar-refractivity contribution in [2.24, 2.45) is 0 Å². The van der Waals surface area contributed by atoms with Crippen LogP contribution >= 0.6 is 0 Å². The average Bonchev–Trinajstić information content (AvgIpc) is 2.52. The molecule has 0 atom stereocenters. The summed E-state index contributed by atoms with van der Waals surface area (Å²) in [5.41, 5.74) is 2.23. The Hall–Kier alpha value is -2.38. The minimum absolute atomic E-state index is 0.323. The predicted octanol–water partition coefficient (Wildman–Crippen LogP) is 2.85. The number of amides is 1. The standard InChI is InChI=1S/C17H20N2O4S/c1-3-23-12-14-7-4-5-10-16(14)18-17(20)13-8-6-9-15(11-13)19-24(2,21)22/h4-11,19H,3,12H2,1-2H3,(H,18,20). The predicted molar refractivity (Wildman–Crippen MR) is 94.6 cm³/mol. The van der Waals surface area contributed by atoms with Gasteiger partial charge in [0.25, 0.3) is 5.91 Å². The van der Waals surface area contributed by atoms with Gasteiger partial charge in [-0.3, -0.25) is 9.52 Å². The van der Waals surface area contributed by atoms with Crippen molar-refractivity contribution in [2.75, 3.05) is 22.9 Å². The molecule has 0 aliphatic rings. The Balaban J connectivity index is 2.17. The minimum Gasteiger partial charge on any atom is -0.377 e. The van der Waals surface area contributed by atoms with Crippen LogP contribution in [-0.4, -0.2) is 27.2 Å². The molecular formula is C17H20N2O4S. The van der Waals surface area contributed by atoms with Crippen LogP contribution in [0.1, 0.15) is 22.8 Å². The van der Waals surface area contributed by atoms with Gasteiger partial charge in [0.2, 0.25) is 10.0 Å². The molecule has 0 radical (unpaired) electrons. The summed E-state index contributed by atoms with van der Waals surface area (Å²) in [6, 6.07) is 13.7. The van der Waals surface area contributed by atoms with Crippen molar-refractivity contribution in [3.63, 3.8) is 0 Å². The molecule has 0 aliphatic heterocycles. The van der Waals surface area contributed by atoms with Gasteiger partial charge in [-0.05, 0) is 31.2 Å². The third-order valence-electron chi connectivity index (χ3n) is 3.16. The summed E-state index contributed by atoms with van der Waals surface area (Å²) in [7, 11) is -3.39. The second kappa shape index (κ2) is 7.94. The highest BCUT2D eigenvalue weighted by Gasteiger charge is 2.11. The van der Waals surface area contributed by atoms with Crippen LogP contribution < -0.4 is 10.0 Å². The van der Waals surface area contributed by atoms with Crippen molar-refractivity contribution in [2.45, 2.75) is 13.5 Å². The Morgan fingerprint density at radius 3 is 2.58 bits per heavy atom. The first-order valence-corrected chi connectivity index (χ1v) is 9.33. The fourth-order valence-electron chi connectivity index (χ4n) is 2.11. The molecule has 0 saturated carbocycles. The van der Waals surface area contributed by atoms with Gasteiger partial charge in [-0.2, -0.15) is 0 Å². The maximum Gasteiger partial charge on any atom is 0.255 e. The number of hydrogen-bond acceptors (Lipinski definition) is 4. The van der Waals surface area contributed by atoms with Crippen molar-refractivity contribution in [3.05, 3.63) is 59.7 Å². The number of carbonyl (C=O) groups excluding carboxylic acids is 1. The zero-order chi connectivity index (χ0) is 17.6. The number of para-hydroxylation sites is 1. The molecule has 0 unspecified atom stereocenters. The number of benzene rings is 2. The van der Waals surface area contributed by atoms with Gasteiger partial charge in [0.1, 0.15) is 0 Å². The van der Waals surface area contributed by atoms with Gasteiger partial charge < -0.3 is 10.1 Å². The van der Waals surface area contributed by atoms with Gasteiger partial charge in [0, 0.05) is 29.1 Å². The lowest BCUT2D eigenvalue weighted by Gasteiger charge is -2.12. The summed E-state index contributed by atoms with van der Waals surface area (Å²) in [5, 5.41) is 2.83. The van der Waals surface area contributed by atoms with Gasteiger partial charge in [-0.15, -0.1) is 0 Å². The normalized spacial score (nSPS) is 11.1. The van der Waals surface area contributed by atoms with Gasteiger partial charge in [-0.1, -0.05) is 24.3 Å². The van der Waals surface area contributed by atoms with Crippen LogP contribution in [0.25, 0.3) is 0 Å². The van der Waals surface area contributed by atoms with E-state index in [1.165, 1.54) is 6.07 Å². The number of anilines is 2. The number of sulfonamides is 1. The van der Waals surface area contributed by atoms with Crippen LogP contribution in [-0.2, 0) is 21.4 Å². The van der Waals surface area contributed by atoms with E-state index in [0.29, 0.717) is 30.2 Å². The lowest BCUT2D eigenvalue weighted by atomic mass is 10.1. The molecular weight excluding hydrogens is 328 g/mol. The molecule has 128 valence electrons. The molecule has 0 aliphatic carbocycles. The van der Waals surface area contributed by atoms with E-state index in [4.69, 9.17) is 4.74 Å². The maximum atomic E-state index is 12.4. The first-order valence-electron chi connectivity index (χ1n) is 7.44. The molecule has 0 heterocycles. The molecule has 24 heavy (non-hydrogen) atoms. The van der Waals surface area contributed by atoms with Gasteiger partial charge in [-0.25, -0.2) is 8.42 Å². The first-order chi connectivity index (χ1) is 11.4. The van der Waals surface area contributed by atoms with Crippen molar-refractivity contribution < 1.29 is 17.9 Å². The Labute approximate surface area is 141 Å². The first kappa shape index (κ1) is 18.0. The molecule has 2 aromatic rings. The topological polar surface area (TPSA) is 84.5 Å². The molecule has 0 fully saturated rings. The van der Waals surface area contributed by atoms with E-state index in [2.05, 4.69) is 10.0 Å². The maximum absolute atomic E-state index is 12.4. The molecule has 0 aromatic heterocycles. The van der Waals surface area contributed by atoms with Crippen LogP contribution in [0.3, 0.4) is 0 Å².